The molecule has 13 heteroatoms. The van der Waals surface area contributed by atoms with Gasteiger partial charge in [0.2, 0.25) is 5.96 Å². The van der Waals surface area contributed by atoms with Gasteiger partial charge in [-0.25, -0.2) is 17.9 Å². The van der Waals surface area contributed by atoms with E-state index in [1.54, 1.807) is 46.9 Å². The van der Waals surface area contributed by atoms with Crippen molar-refractivity contribution in [1.82, 2.24) is 14.6 Å². The number of aromatic nitrogens is 1. The maximum atomic E-state index is 13.6. The molecule has 3 aromatic carbocycles. The zero-order valence-electron chi connectivity index (χ0n) is 33.5. The van der Waals surface area contributed by atoms with E-state index in [0.717, 1.165) is 40.0 Å². The predicted molar refractivity (Wildman–Crippen MR) is 219 cm³/mol. The number of hydrogen-bond acceptors (Lipinski definition) is 8. The molecule has 0 spiro atoms. The number of pyridine rings is 1. The van der Waals surface area contributed by atoms with Crippen LogP contribution < -0.4 is 26.1 Å². The second kappa shape index (κ2) is 16.7. The van der Waals surface area contributed by atoms with Gasteiger partial charge in [0.05, 0.1) is 11.4 Å². The van der Waals surface area contributed by atoms with Crippen molar-refractivity contribution in [3.8, 4) is 16.9 Å². The zero-order valence-corrected chi connectivity index (χ0v) is 34.3. The molecule has 298 valence electrons. The van der Waals surface area contributed by atoms with Crippen LogP contribution in [0.3, 0.4) is 0 Å². The van der Waals surface area contributed by atoms with Crippen molar-refractivity contribution >= 4 is 27.9 Å². The van der Waals surface area contributed by atoms with Crippen LogP contribution >= 0.6 is 0 Å². The zero-order chi connectivity index (χ0) is 41.0. The van der Waals surface area contributed by atoms with E-state index < -0.39 is 39.1 Å². The number of guanidine groups is 1. The molecule has 56 heavy (non-hydrogen) atoms. The number of nitrogens with one attached hydrogen (secondary N) is 2. The molecule has 1 amide bonds. The summed E-state index contributed by atoms with van der Waals surface area (Å²) in [6, 6.07) is 19.6. The lowest BCUT2D eigenvalue weighted by molar-refractivity contribution is -0.157. The van der Waals surface area contributed by atoms with Crippen molar-refractivity contribution in [3.63, 3.8) is 0 Å². The van der Waals surface area contributed by atoms with Gasteiger partial charge in [-0.1, -0.05) is 48.5 Å². The third-order valence-electron chi connectivity index (χ3n) is 9.76. The number of carbonyl (C=O) groups excluding carboxylic acids is 2. The minimum Gasteiger partial charge on any atom is -0.487 e. The maximum absolute atomic E-state index is 13.6. The first-order valence-corrected chi connectivity index (χ1v) is 20.3. The molecule has 1 aromatic heterocycles. The summed E-state index contributed by atoms with van der Waals surface area (Å²) in [5, 5.41) is 2.69. The quantitative estimate of drug-likeness (QED) is 0.0669. The van der Waals surface area contributed by atoms with E-state index in [2.05, 4.69) is 15.0 Å². The molecule has 0 fully saturated rings. The lowest BCUT2D eigenvalue weighted by Gasteiger charge is -2.35. The number of amides is 1. The van der Waals surface area contributed by atoms with E-state index in [-0.39, 0.29) is 48.0 Å². The Labute approximate surface area is 329 Å². The van der Waals surface area contributed by atoms with Gasteiger partial charge in [0, 0.05) is 12.7 Å². The molecule has 1 aliphatic rings. The molecular formula is C43H53N5O7S. The molecule has 1 aliphatic heterocycles. The van der Waals surface area contributed by atoms with Crippen molar-refractivity contribution in [3.05, 3.63) is 117 Å². The fourth-order valence-electron chi connectivity index (χ4n) is 6.84. The van der Waals surface area contributed by atoms with Crippen LogP contribution in [0.1, 0.15) is 92.1 Å². The fourth-order valence-corrected chi connectivity index (χ4v) is 8.36. The Morgan fingerprint density at radius 2 is 1.68 bits per heavy atom. The molecule has 1 atom stereocenters. The number of hydrogen-bond donors (Lipinski definition) is 3. The van der Waals surface area contributed by atoms with Gasteiger partial charge in [-0.05, 0) is 138 Å². The van der Waals surface area contributed by atoms with Crippen molar-refractivity contribution in [2.24, 2.45) is 10.7 Å². The number of nitrogens with two attached hydrogens (primary N) is 1. The number of benzene rings is 3. The van der Waals surface area contributed by atoms with Gasteiger partial charge < -0.3 is 25.1 Å². The largest absolute Gasteiger partial charge is 0.487 e. The first-order valence-electron chi connectivity index (χ1n) is 18.8. The van der Waals surface area contributed by atoms with E-state index in [0.29, 0.717) is 17.5 Å². The summed E-state index contributed by atoms with van der Waals surface area (Å²) in [6.45, 7) is 14.8. The van der Waals surface area contributed by atoms with Crippen LogP contribution in [0, 0.1) is 20.8 Å². The lowest BCUT2D eigenvalue weighted by atomic mass is 9.88. The number of nitrogens with zero attached hydrogens (tertiary/aromatic N) is 2. The molecule has 0 radical (unpaired) electrons. The SMILES string of the molecule is Cc1c(C)c(S(=O)(=O)NC(N)=NCCC[C@H](NC(=O)c2cccn(Cc3cccc(-c4ccccc4)c3)c2=O)C(=O)OC(C)(C)C)c(C)c2c1OC(C)(C)CC2. The predicted octanol–water partition coefficient (Wildman–Crippen LogP) is 6.11. The minimum absolute atomic E-state index is 0.0355. The van der Waals surface area contributed by atoms with Crippen molar-refractivity contribution in [1.29, 1.82) is 0 Å². The fraction of sp³-hybridized carbons (Fsp3) is 0.395. The molecule has 4 N–H and O–H groups in total. The molecule has 2 heterocycles. The monoisotopic (exact) mass is 783 g/mol. The number of esters is 1. The Balaban J connectivity index is 1.27. The lowest BCUT2D eigenvalue weighted by Crippen LogP contribution is -2.46. The van der Waals surface area contributed by atoms with Gasteiger partial charge in [-0.15, -0.1) is 0 Å². The van der Waals surface area contributed by atoms with E-state index >= 15 is 0 Å². The van der Waals surface area contributed by atoms with Crippen molar-refractivity contribution in [2.75, 3.05) is 6.54 Å². The molecule has 5 rings (SSSR count). The van der Waals surface area contributed by atoms with E-state index in [1.165, 1.54) is 10.6 Å². The van der Waals surface area contributed by atoms with Crippen LogP contribution in [0.4, 0.5) is 0 Å². The average Bonchev–Trinajstić information content (AvgIpc) is 3.11. The van der Waals surface area contributed by atoms with Crippen LogP contribution in [0.15, 0.2) is 87.6 Å². The van der Waals surface area contributed by atoms with Gasteiger partial charge in [-0.2, -0.15) is 0 Å². The number of sulfonamides is 1. The summed E-state index contributed by atoms with van der Waals surface area (Å²) in [7, 11) is -4.11. The second-order valence-corrected chi connectivity index (χ2v) is 17.5. The summed E-state index contributed by atoms with van der Waals surface area (Å²) in [4.78, 5) is 44.8. The standard InChI is InChI=1S/C43H53N5O7S/c1-27-28(2)37(29(3)33-21-22-43(7,8)54-36(27)33)56(52,53)47-41(44)45-23-13-20-35(40(51)55-42(4,5)6)46-38(49)34-19-14-24-48(39(34)50)26-30-15-12-18-32(25-30)31-16-10-9-11-17-31/h9-12,14-19,24-25,35H,13,20-23,26H2,1-8H3,(H,46,49)(H3,44,45,47)/t35-/m0/s1. The number of aliphatic imine (C=N–C) groups is 1. The van der Waals surface area contributed by atoms with Gasteiger partial charge in [-0.3, -0.25) is 14.6 Å². The highest BCUT2D eigenvalue weighted by Crippen LogP contribution is 2.42. The minimum atomic E-state index is -4.11. The summed E-state index contributed by atoms with van der Waals surface area (Å²) in [6.07, 6.45) is 3.35. The third-order valence-corrected chi connectivity index (χ3v) is 11.4. The Hall–Kier alpha value is -5.43. The second-order valence-electron chi connectivity index (χ2n) is 15.9. The van der Waals surface area contributed by atoms with Crippen molar-refractivity contribution in [2.45, 2.75) is 110 Å². The summed E-state index contributed by atoms with van der Waals surface area (Å²) in [5.41, 5.74) is 9.97. The Morgan fingerprint density at radius 3 is 2.38 bits per heavy atom. The third kappa shape index (κ3) is 10.1. The molecule has 0 saturated carbocycles. The smallest absolute Gasteiger partial charge is 0.329 e. The molecular weight excluding hydrogens is 731 g/mol. The van der Waals surface area contributed by atoms with Crippen molar-refractivity contribution < 1.29 is 27.5 Å². The van der Waals surface area contributed by atoms with Gasteiger partial charge >= 0.3 is 5.97 Å². The van der Waals surface area contributed by atoms with Crippen LogP contribution in [-0.2, 0) is 32.5 Å². The summed E-state index contributed by atoms with van der Waals surface area (Å²) >= 11 is 0. The Bertz CT molecular complexity index is 2310. The van der Waals surface area contributed by atoms with E-state index in [9.17, 15) is 22.8 Å². The van der Waals surface area contributed by atoms with Gasteiger partial charge in [0.1, 0.15) is 28.6 Å². The first kappa shape index (κ1) is 41.7. The first-order chi connectivity index (χ1) is 26.3. The highest BCUT2D eigenvalue weighted by atomic mass is 32.2. The van der Waals surface area contributed by atoms with Crippen LogP contribution in [0.2, 0.25) is 0 Å². The summed E-state index contributed by atoms with van der Waals surface area (Å²) in [5.74, 6) is -0.993. The molecule has 4 aromatic rings. The molecule has 0 saturated heterocycles. The van der Waals surface area contributed by atoms with Crippen LogP contribution in [0.5, 0.6) is 5.75 Å². The van der Waals surface area contributed by atoms with Gasteiger partial charge in [0.15, 0.2) is 0 Å². The van der Waals surface area contributed by atoms with Crippen LogP contribution in [0.25, 0.3) is 11.1 Å². The maximum Gasteiger partial charge on any atom is 0.329 e. The average molecular weight is 784 g/mol. The summed E-state index contributed by atoms with van der Waals surface area (Å²) < 4.78 is 43.0. The normalized spacial score (nSPS) is 14.6. The van der Waals surface area contributed by atoms with Crippen LogP contribution in [-0.4, -0.2) is 54.6 Å². The number of rotatable bonds is 12. The number of ether oxygens (including phenoxy) is 2. The molecule has 0 aliphatic carbocycles. The molecule has 0 unspecified atom stereocenters. The Kier molecular flexibility index (Phi) is 12.5. The Morgan fingerprint density at radius 1 is 0.982 bits per heavy atom. The van der Waals surface area contributed by atoms with E-state index in [4.69, 9.17) is 15.2 Å². The van der Waals surface area contributed by atoms with E-state index in [1.807, 2.05) is 75.4 Å². The molecule has 0 bridgehead atoms. The topological polar surface area (TPSA) is 171 Å². The molecule has 12 nitrogen and oxygen atoms in total. The highest BCUT2D eigenvalue weighted by molar-refractivity contribution is 7.90. The number of fused-ring (bicyclic) bond motifs is 1. The highest BCUT2D eigenvalue weighted by Gasteiger charge is 2.34. The number of carbonyl (C=O) groups is 2. The van der Waals surface area contributed by atoms with Gasteiger partial charge in [0.25, 0.3) is 21.5 Å².